The molecular weight excluding hydrogens is 190 g/mol. The van der Waals surface area contributed by atoms with Crippen LogP contribution < -0.4 is 0 Å². The zero-order valence-corrected chi connectivity index (χ0v) is 9.30. The normalized spacial score (nSPS) is 13.0. The number of hydrogen-bond donors (Lipinski definition) is 0. The van der Waals surface area contributed by atoms with Crippen LogP contribution in [-0.2, 0) is 9.53 Å². The van der Waals surface area contributed by atoms with E-state index in [4.69, 9.17) is 16.3 Å². The summed E-state index contributed by atoms with van der Waals surface area (Å²) in [6, 6.07) is 0. The second-order valence-corrected chi connectivity index (χ2v) is 3.71. The highest BCUT2D eigenvalue weighted by molar-refractivity contribution is 6.17. The maximum atomic E-state index is 11.1. The van der Waals surface area contributed by atoms with Gasteiger partial charge in [0, 0.05) is 12.4 Å². The highest BCUT2D eigenvalue weighted by Gasteiger charge is 2.08. The molecule has 0 spiro atoms. The molecule has 0 aliphatic carbocycles. The number of carbonyl (C=O) groups is 1. The van der Waals surface area contributed by atoms with Crippen molar-refractivity contribution in [2.45, 2.75) is 25.9 Å². The third kappa shape index (κ3) is 8.06. The number of esters is 1. The molecule has 78 valence electrons. The molecule has 0 fully saturated rings. The highest BCUT2D eigenvalue weighted by atomic mass is 35.5. The minimum atomic E-state index is -0.147. The molecule has 0 amide bonds. The first-order valence-electron chi connectivity index (χ1n) is 4.46. The van der Waals surface area contributed by atoms with E-state index in [9.17, 15) is 4.79 Å². The lowest BCUT2D eigenvalue weighted by molar-refractivity contribution is -0.148. The van der Waals surface area contributed by atoms with Gasteiger partial charge in [-0.1, -0.05) is 0 Å². The Kier molecular flexibility index (Phi) is 7.00. The molecule has 0 aromatic rings. The molecule has 13 heavy (non-hydrogen) atoms. The summed E-state index contributed by atoms with van der Waals surface area (Å²) in [5.74, 6) is 0.383. The van der Waals surface area contributed by atoms with E-state index in [0.29, 0.717) is 12.3 Å². The van der Waals surface area contributed by atoms with Crippen molar-refractivity contribution in [3.63, 3.8) is 0 Å². The predicted octanol–water partition coefficient (Wildman–Crippen LogP) is 1.50. The number of ether oxygens (including phenoxy) is 1. The predicted molar refractivity (Wildman–Crippen MR) is 54.1 cm³/mol. The zero-order chi connectivity index (χ0) is 10.3. The van der Waals surface area contributed by atoms with E-state index in [1.165, 1.54) is 0 Å². The van der Waals surface area contributed by atoms with Crippen molar-refractivity contribution in [1.82, 2.24) is 4.90 Å². The van der Waals surface area contributed by atoms with Gasteiger partial charge in [-0.2, -0.15) is 0 Å². The summed E-state index contributed by atoms with van der Waals surface area (Å²) < 4.78 is 5.09. The van der Waals surface area contributed by atoms with Crippen LogP contribution in [0.3, 0.4) is 0 Å². The van der Waals surface area contributed by atoms with Crippen LogP contribution in [0.1, 0.15) is 19.8 Å². The van der Waals surface area contributed by atoms with E-state index in [-0.39, 0.29) is 12.1 Å². The molecule has 0 N–H and O–H groups in total. The van der Waals surface area contributed by atoms with Crippen LogP contribution in [0.15, 0.2) is 0 Å². The average Bonchev–Trinajstić information content (AvgIpc) is 2.01. The number of hydrogen-bond acceptors (Lipinski definition) is 3. The number of alkyl halides is 1. The van der Waals surface area contributed by atoms with Crippen molar-refractivity contribution >= 4 is 17.6 Å². The summed E-state index contributed by atoms with van der Waals surface area (Å²) >= 11 is 5.51. The minimum absolute atomic E-state index is 0.0628. The largest absolute Gasteiger partial charge is 0.463 e. The first-order valence-corrected chi connectivity index (χ1v) is 5.00. The molecular formula is C9H18ClNO2. The van der Waals surface area contributed by atoms with E-state index >= 15 is 0 Å². The molecule has 3 nitrogen and oxygen atoms in total. The van der Waals surface area contributed by atoms with Crippen LogP contribution in [0.4, 0.5) is 0 Å². The number of nitrogens with zero attached hydrogens (tertiary/aromatic N) is 1. The van der Waals surface area contributed by atoms with Crippen LogP contribution in [0, 0.1) is 0 Å². The van der Waals surface area contributed by atoms with Gasteiger partial charge in [0.15, 0.2) is 0 Å². The van der Waals surface area contributed by atoms with Gasteiger partial charge in [-0.05, 0) is 27.4 Å². The molecule has 1 atom stereocenters. The molecule has 0 aliphatic heterocycles. The van der Waals surface area contributed by atoms with Crippen molar-refractivity contribution in [2.75, 3.05) is 26.5 Å². The lowest BCUT2D eigenvalue weighted by Crippen LogP contribution is -2.21. The highest BCUT2D eigenvalue weighted by Crippen LogP contribution is 2.01. The second-order valence-electron chi connectivity index (χ2n) is 3.33. The van der Waals surface area contributed by atoms with Gasteiger partial charge < -0.3 is 9.64 Å². The van der Waals surface area contributed by atoms with E-state index < -0.39 is 0 Å². The Labute approximate surface area is 85.0 Å². The van der Waals surface area contributed by atoms with E-state index in [1.807, 2.05) is 25.9 Å². The zero-order valence-electron chi connectivity index (χ0n) is 8.55. The van der Waals surface area contributed by atoms with Gasteiger partial charge in [0.25, 0.3) is 0 Å². The van der Waals surface area contributed by atoms with Gasteiger partial charge in [-0.3, -0.25) is 4.79 Å². The van der Waals surface area contributed by atoms with Crippen LogP contribution in [-0.4, -0.2) is 43.5 Å². The summed E-state index contributed by atoms with van der Waals surface area (Å²) in [6.07, 6.45) is 1.10. The molecule has 0 radical (unpaired) electrons. The summed E-state index contributed by atoms with van der Waals surface area (Å²) in [4.78, 5) is 13.1. The molecule has 0 aromatic carbocycles. The topological polar surface area (TPSA) is 29.5 Å². The molecule has 0 heterocycles. The van der Waals surface area contributed by atoms with Gasteiger partial charge in [0.05, 0.1) is 6.42 Å². The molecule has 0 aromatic heterocycles. The summed E-state index contributed by atoms with van der Waals surface area (Å²) in [7, 11) is 3.85. The summed E-state index contributed by atoms with van der Waals surface area (Å²) in [5, 5.41) is 0. The Balaban J connectivity index is 3.50. The molecule has 0 rings (SSSR count). The van der Waals surface area contributed by atoms with Gasteiger partial charge in [-0.25, -0.2) is 0 Å². The van der Waals surface area contributed by atoms with E-state index in [2.05, 4.69) is 0 Å². The van der Waals surface area contributed by atoms with E-state index in [1.54, 1.807) is 0 Å². The smallest absolute Gasteiger partial charge is 0.307 e. The Morgan fingerprint density at radius 3 is 2.62 bits per heavy atom. The molecule has 0 aliphatic rings. The van der Waals surface area contributed by atoms with Gasteiger partial charge in [-0.15, -0.1) is 11.6 Å². The van der Waals surface area contributed by atoms with Crippen molar-refractivity contribution in [2.24, 2.45) is 0 Å². The fourth-order valence-electron chi connectivity index (χ4n) is 0.811. The van der Waals surface area contributed by atoms with Gasteiger partial charge >= 0.3 is 5.97 Å². The average molecular weight is 208 g/mol. The van der Waals surface area contributed by atoms with Crippen LogP contribution >= 0.6 is 11.6 Å². The summed E-state index contributed by atoms with van der Waals surface area (Å²) in [6.45, 7) is 2.59. The number of carbonyl (C=O) groups excluding carboxylic acids is 1. The van der Waals surface area contributed by atoms with Crippen molar-refractivity contribution < 1.29 is 9.53 Å². The Hall–Kier alpha value is -0.280. The Morgan fingerprint density at radius 1 is 1.54 bits per heavy atom. The quantitative estimate of drug-likeness (QED) is 0.489. The van der Waals surface area contributed by atoms with Crippen molar-refractivity contribution in [3.8, 4) is 0 Å². The number of rotatable bonds is 6. The van der Waals surface area contributed by atoms with Crippen LogP contribution in [0.5, 0.6) is 0 Å². The van der Waals surface area contributed by atoms with E-state index in [0.717, 1.165) is 13.0 Å². The lowest BCUT2D eigenvalue weighted by atomic mass is 10.3. The lowest BCUT2D eigenvalue weighted by Gasteiger charge is -2.13. The standard InChI is InChI=1S/C9H18ClNO2/c1-8(4-6-10)13-9(12)5-7-11(2)3/h8H,4-7H2,1-3H3. The maximum Gasteiger partial charge on any atom is 0.307 e. The Morgan fingerprint density at radius 2 is 2.15 bits per heavy atom. The van der Waals surface area contributed by atoms with Crippen molar-refractivity contribution in [1.29, 1.82) is 0 Å². The fourth-order valence-corrected chi connectivity index (χ4v) is 1.12. The molecule has 1 unspecified atom stereocenters. The van der Waals surface area contributed by atoms with Crippen molar-refractivity contribution in [3.05, 3.63) is 0 Å². The third-order valence-electron chi connectivity index (χ3n) is 1.61. The van der Waals surface area contributed by atoms with Crippen LogP contribution in [0.25, 0.3) is 0 Å². The SMILES string of the molecule is CC(CCCl)OC(=O)CCN(C)C. The monoisotopic (exact) mass is 207 g/mol. The maximum absolute atomic E-state index is 11.1. The van der Waals surface area contributed by atoms with Gasteiger partial charge in [0.2, 0.25) is 0 Å². The Bertz CT molecular complexity index is 151. The van der Waals surface area contributed by atoms with Crippen LogP contribution in [0.2, 0.25) is 0 Å². The molecule has 4 heteroatoms. The summed E-state index contributed by atoms with van der Waals surface area (Å²) in [5.41, 5.74) is 0. The first-order chi connectivity index (χ1) is 6.06. The fraction of sp³-hybridized carbons (Fsp3) is 0.889. The second kappa shape index (κ2) is 7.15. The number of halogens is 1. The van der Waals surface area contributed by atoms with Gasteiger partial charge in [0.1, 0.15) is 6.10 Å². The molecule has 0 saturated heterocycles. The third-order valence-corrected chi connectivity index (χ3v) is 1.83. The minimum Gasteiger partial charge on any atom is -0.463 e. The molecule has 0 saturated carbocycles. The first kappa shape index (κ1) is 12.7. The molecule has 0 bridgehead atoms.